The molecule has 2 unspecified atom stereocenters. The molecule has 0 aromatic heterocycles. The van der Waals surface area contributed by atoms with Crippen LogP contribution in [0.15, 0.2) is 0 Å². The Hall–Kier alpha value is 0.470. The average molecular weight is 248 g/mol. The summed E-state index contributed by atoms with van der Waals surface area (Å²) in [6.07, 6.45) is 11.7. The number of carboxylic acid groups (broad SMARTS) is 1. The number of aliphatic carboxylic acids is 1. The van der Waals surface area contributed by atoms with E-state index in [0.29, 0.717) is 5.92 Å². The number of hydrogen-bond acceptors (Lipinski definition) is 2. The zero-order valence-electron chi connectivity index (χ0n) is 11.5. The van der Waals surface area contributed by atoms with Crippen molar-refractivity contribution < 1.29 is 39.5 Å². The van der Waals surface area contributed by atoms with Crippen LogP contribution in [0.2, 0.25) is 0 Å². The first-order chi connectivity index (χ1) is 7.72. The number of unbranched alkanes of at least 4 members (excludes halogenated alkanes) is 3. The van der Waals surface area contributed by atoms with Crippen LogP contribution in [0.3, 0.4) is 0 Å². The summed E-state index contributed by atoms with van der Waals surface area (Å²) in [4.78, 5) is 10.4. The molecule has 1 aliphatic rings. The third-order valence-corrected chi connectivity index (χ3v) is 3.87. The maximum atomic E-state index is 10.4. The number of rotatable bonds is 8. The van der Waals surface area contributed by atoms with Gasteiger partial charge in [0.1, 0.15) is 0 Å². The van der Waals surface area contributed by atoms with E-state index in [4.69, 9.17) is 0 Å². The predicted octanol–water partition coefficient (Wildman–Crippen LogP) is -0.0928. The molecule has 1 rings (SSSR count). The minimum absolute atomic E-state index is 0. The molecule has 0 N–H and O–H groups in total. The molecule has 0 aliphatic heterocycles. The second-order valence-electron chi connectivity index (χ2n) is 5.31. The smallest absolute Gasteiger partial charge is 0.550 e. The molecule has 0 heterocycles. The molecule has 94 valence electrons. The van der Waals surface area contributed by atoms with Crippen molar-refractivity contribution in [2.75, 3.05) is 0 Å². The van der Waals surface area contributed by atoms with Gasteiger partial charge in [-0.3, -0.25) is 0 Å². The van der Waals surface area contributed by atoms with Gasteiger partial charge >= 0.3 is 29.6 Å². The summed E-state index contributed by atoms with van der Waals surface area (Å²) in [6.45, 7) is 2.24. The number of hydrogen-bond donors (Lipinski definition) is 0. The third kappa shape index (κ3) is 8.23. The minimum Gasteiger partial charge on any atom is -0.550 e. The second kappa shape index (κ2) is 10.4. The van der Waals surface area contributed by atoms with E-state index in [1.165, 1.54) is 51.4 Å². The second-order valence-corrected chi connectivity index (χ2v) is 5.31. The number of carbonyl (C=O) groups excluding carboxylic acids is 1. The third-order valence-electron chi connectivity index (χ3n) is 3.87. The Morgan fingerprint density at radius 2 is 1.76 bits per heavy atom. The molecular weight excluding hydrogens is 223 g/mol. The summed E-state index contributed by atoms with van der Waals surface area (Å²) in [7, 11) is 0. The molecule has 0 aromatic carbocycles. The van der Waals surface area contributed by atoms with E-state index < -0.39 is 5.97 Å². The van der Waals surface area contributed by atoms with Crippen molar-refractivity contribution in [2.45, 2.75) is 71.1 Å². The fourth-order valence-corrected chi connectivity index (χ4v) is 2.88. The quantitative estimate of drug-likeness (QED) is 0.445. The molecule has 1 saturated carbocycles. The number of carbonyl (C=O) groups is 1. The Balaban J connectivity index is 0.00000256. The molecule has 0 aromatic rings. The Morgan fingerprint density at radius 1 is 1.12 bits per heavy atom. The first-order valence-corrected chi connectivity index (χ1v) is 6.92. The standard InChI is InChI=1S/C14H26O2.Na/c1-2-3-4-5-6-12-7-8-13(11-12)9-10-14(15)16;/h12-13H,2-11H2,1H3,(H,15,16);/q;+1/p-1. The van der Waals surface area contributed by atoms with E-state index in [1.54, 1.807) is 0 Å². The van der Waals surface area contributed by atoms with Crippen LogP contribution in [0.4, 0.5) is 0 Å². The molecule has 17 heavy (non-hydrogen) atoms. The summed E-state index contributed by atoms with van der Waals surface area (Å²) in [5.41, 5.74) is 0. The van der Waals surface area contributed by atoms with E-state index >= 15 is 0 Å². The topological polar surface area (TPSA) is 40.1 Å². The van der Waals surface area contributed by atoms with Crippen LogP contribution in [0.1, 0.15) is 71.1 Å². The maximum Gasteiger partial charge on any atom is 1.00 e. The van der Waals surface area contributed by atoms with Crippen molar-refractivity contribution >= 4 is 5.97 Å². The van der Waals surface area contributed by atoms with Crippen molar-refractivity contribution in [3.05, 3.63) is 0 Å². The maximum absolute atomic E-state index is 10.4. The van der Waals surface area contributed by atoms with Gasteiger partial charge in [-0.05, 0) is 31.1 Å². The molecule has 0 saturated heterocycles. The fourth-order valence-electron chi connectivity index (χ4n) is 2.88. The van der Waals surface area contributed by atoms with Crippen LogP contribution in [0.25, 0.3) is 0 Å². The van der Waals surface area contributed by atoms with E-state index in [9.17, 15) is 9.90 Å². The summed E-state index contributed by atoms with van der Waals surface area (Å²) in [5, 5.41) is 10.4. The van der Waals surface area contributed by atoms with E-state index in [0.717, 1.165) is 12.3 Å². The SMILES string of the molecule is CCCCCCC1CCC(CCC(=O)[O-])C1.[Na+]. The minimum atomic E-state index is -0.883. The molecule has 0 amide bonds. The van der Waals surface area contributed by atoms with E-state index in [1.807, 2.05) is 0 Å². The van der Waals surface area contributed by atoms with Crippen LogP contribution >= 0.6 is 0 Å². The van der Waals surface area contributed by atoms with Gasteiger partial charge in [-0.25, -0.2) is 0 Å². The molecule has 0 spiro atoms. The van der Waals surface area contributed by atoms with Crippen LogP contribution in [-0.4, -0.2) is 5.97 Å². The summed E-state index contributed by atoms with van der Waals surface area (Å²) in [6, 6.07) is 0. The normalized spacial score (nSPS) is 23.4. The molecule has 1 fully saturated rings. The molecule has 0 bridgehead atoms. The zero-order valence-corrected chi connectivity index (χ0v) is 13.5. The van der Waals surface area contributed by atoms with E-state index in [-0.39, 0.29) is 36.0 Å². The van der Waals surface area contributed by atoms with Crippen LogP contribution in [0, 0.1) is 11.8 Å². The van der Waals surface area contributed by atoms with Crippen LogP contribution in [-0.2, 0) is 4.79 Å². The average Bonchev–Trinajstić information content (AvgIpc) is 2.70. The van der Waals surface area contributed by atoms with Gasteiger partial charge < -0.3 is 9.90 Å². The van der Waals surface area contributed by atoms with Crippen molar-refractivity contribution in [3.8, 4) is 0 Å². The van der Waals surface area contributed by atoms with Gasteiger partial charge in [0.15, 0.2) is 0 Å². The molecule has 2 nitrogen and oxygen atoms in total. The summed E-state index contributed by atoms with van der Waals surface area (Å²) >= 11 is 0. The Morgan fingerprint density at radius 3 is 2.35 bits per heavy atom. The van der Waals surface area contributed by atoms with Gasteiger partial charge in [-0.15, -0.1) is 0 Å². The van der Waals surface area contributed by atoms with Gasteiger partial charge in [0.25, 0.3) is 0 Å². The zero-order chi connectivity index (χ0) is 11.8. The molecule has 0 radical (unpaired) electrons. The van der Waals surface area contributed by atoms with Gasteiger partial charge in [-0.1, -0.05) is 51.9 Å². The van der Waals surface area contributed by atoms with Crippen molar-refractivity contribution in [1.29, 1.82) is 0 Å². The Bertz CT molecular complexity index is 206. The Kier molecular flexibility index (Phi) is 10.7. The molecule has 1 aliphatic carbocycles. The predicted molar refractivity (Wildman–Crippen MR) is 63.8 cm³/mol. The van der Waals surface area contributed by atoms with Gasteiger partial charge in [-0.2, -0.15) is 0 Å². The Labute approximate surface area is 128 Å². The van der Waals surface area contributed by atoms with Gasteiger partial charge in [0.2, 0.25) is 0 Å². The van der Waals surface area contributed by atoms with E-state index in [2.05, 4.69) is 6.92 Å². The summed E-state index contributed by atoms with van der Waals surface area (Å²) < 4.78 is 0. The monoisotopic (exact) mass is 248 g/mol. The van der Waals surface area contributed by atoms with Crippen LogP contribution in [0.5, 0.6) is 0 Å². The summed E-state index contributed by atoms with van der Waals surface area (Å²) in [5.74, 6) is 0.657. The largest absolute Gasteiger partial charge is 1.00 e. The van der Waals surface area contributed by atoms with Crippen molar-refractivity contribution in [3.63, 3.8) is 0 Å². The van der Waals surface area contributed by atoms with Gasteiger partial charge in [0, 0.05) is 5.97 Å². The molecular formula is C14H25NaO2. The van der Waals surface area contributed by atoms with Crippen molar-refractivity contribution in [2.24, 2.45) is 11.8 Å². The first kappa shape index (κ1) is 17.5. The van der Waals surface area contributed by atoms with Crippen molar-refractivity contribution in [1.82, 2.24) is 0 Å². The van der Waals surface area contributed by atoms with Crippen LogP contribution < -0.4 is 34.7 Å². The fraction of sp³-hybridized carbons (Fsp3) is 0.929. The first-order valence-electron chi connectivity index (χ1n) is 6.92. The molecule has 3 heteroatoms. The number of carboxylic acids is 1. The molecule has 2 atom stereocenters. The van der Waals surface area contributed by atoms with Gasteiger partial charge in [0.05, 0.1) is 0 Å².